The van der Waals surface area contributed by atoms with E-state index in [1.165, 1.54) is 18.7 Å². The number of benzene rings is 3. The van der Waals surface area contributed by atoms with E-state index in [1.807, 2.05) is 90.7 Å². The van der Waals surface area contributed by atoms with Crippen molar-refractivity contribution in [2.75, 3.05) is 16.0 Å². The van der Waals surface area contributed by atoms with Gasteiger partial charge in [-0.15, -0.1) is 11.8 Å². The van der Waals surface area contributed by atoms with Gasteiger partial charge in [-0.2, -0.15) is 0 Å². The lowest BCUT2D eigenvalue weighted by Crippen LogP contribution is -2.32. The standard InChI is InChI=1S/C24H24N2O2S/c1-18-7-6-10-22(15-18)26(16-20-8-4-3-5-9-20)24(28)17-29-23-13-11-21(12-14-23)25-19(2)27/h3-15H,16-17H2,1-2H3,(H,25,27). The van der Waals surface area contributed by atoms with Crippen molar-refractivity contribution in [1.29, 1.82) is 0 Å². The lowest BCUT2D eigenvalue weighted by Gasteiger charge is -2.23. The minimum absolute atomic E-state index is 0.0513. The minimum Gasteiger partial charge on any atom is -0.326 e. The van der Waals surface area contributed by atoms with Gasteiger partial charge in [-0.1, -0.05) is 42.5 Å². The summed E-state index contributed by atoms with van der Waals surface area (Å²) in [5.74, 6) is 0.283. The Labute approximate surface area is 175 Å². The second-order valence-electron chi connectivity index (χ2n) is 6.80. The summed E-state index contributed by atoms with van der Waals surface area (Å²) in [6.07, 6.45) is 0. The molecule has 3 aromatic carbocycles. The van der Waals surface area contributed by atoms with Crippen LogP contribution in [-0.4, -0.2) is 17.6 Å². The molecule has 0 aromatic heterocycles. The number of nitrogens with zero attached hydrogens (tertiary/aromatic N) is 1. The molecule has 0 saturated heterocycles. The van der Waals surface area contributed by atoms with Crippen molar-refractivity contribution in [3.05, 3.63) is 90.0 Å². The normalized spacial score (nSPS) is 10.4. The van der Waals surface area contributed by atoms with Crippen molar-refractivity contribution in [3.8, 4) is 0 Å². The second kappa shape index (κ2) is 9.94. The molecule has 0 fully saturated rings. The molecule has 3 rings (SSSR count). The Morgan fingerprint density at radius 2 is 1.66 bits per heavy atom. The maximum atomic E-state index is 13.1. The fourth-order valence-electron chi connectivity index (χ4n) is 2.95. The number of amides is 2. The second-order valence-corrected chi connectivity index (χ2v) is 7.85. The zero-order chi connectivity index (χ0) is 20.6. The number of hydrogen-bond acceptors (Lipinski definition) is 3. The number of anilines is 2. The summed E-state index contributed by atoms with van der Waals surface area (Å²) in [6, 6.07) is 25.5. The minimum atomic E-state index is -0.102. The van der Waals surface area contributed by atoms with Gasteiger partial charge in [0.1, 0.15) is 0 Å². The summed E-state index contributed by atoms with van der Waals surface area (Å²) in [5, 5.41) is 2.75. The quantitative estimate of drug-likeness (QED) is 0.545. The highest BCUT2D eigenvalue weighted by molar-refractivity contribution is 8.00. The van der Waals surface area contributed by atoms with Crippen LogP contribution in [0.15, 0.2) is 83.8 Å². The smallest absolute Gasteiger partial charge is 0.237 e. The molecule has 1 N–H and O–H groups in total. The Morgan fingerprint density at radius 1 is 0.931 bits per heavy atom. The number of carbonyl (C=O) groups excluding carboxylic acids is 2. The van der Waals surface area contributed by atoms with E-state index in [4.69, 9.17) is 0 Å². The molecule has 5 heteroatoms. The molecule has 0 atom stereocenters. The highest BCUT2D eigenvalue weighted by Gasteiger charge is 2.17. The Balaban J connectivity index is 1.71. The highest BCUT2D eigenvalue weighted by atomic mass is 32.2. The lowest BCUT2D eigenvalue weighted by atomic mass is 10.1. The monoisotopic (exact) mass is 404 g/mol. The van der Waals surface area contributed by atoms with Crippen molar-refractivity contribution in [2.45, 2.75) is 25.3 Å². The van der Waals surface area contributed by atoms with Gasteiger partial charge in [-0.25, -0.2) is 0 Å². The molecule has 0 saturated carbocycles. The van der Waals surface area contributed by atoms with Gasteiger partial charge in [0.05, 0.1) is 12.3 Å². The van der Waals surface area contributed by atoms with Crippen molar-refractivity contribution in [1.82, 2.24) is 0 Å². The van der Waals surface area contributed by atoms with E-state index in [2.05, 4.69) is 5.32 Å². The summed E-state index contributed by atoms with van der Waals surface area (Å²) in [6.45, 7) is 4.04. The maximum Gasteiger partial charge on any atom is 0.237 e. The molecule has 148 valence electrons. The Morgan fingerprint density at radius 3 is 2.31 bits per heavy atom. The lowest BCUT2D eigenvalue weighted by molar-refractivity contribution is -0.116. The SMILES string of the molecule is CC(=O)Nc1ccc(SCC(=O)N(Cc2ccccc2)c2cccc(C)c2)cc1. The zero-order valence-corrected chi connectivity index (χ0v) is 17.4. The summed E-state index contributed by atoms with van der Waals surface area (Å²) in [5.41, 5.74) is 3.86. The number of carbonyl (C=O) groups is 2. The molecule has 3 aromatic rings. The predicted molar refractivity (Wildman–Crippen MR) is 120 cm³/mol. The summed E-state index contributed by atoms with van der Waals surface area (Å²) in [7, 11) is 0. The fraction of sp³-hybridized carbons (Fsp3) is 0.167. The molecule has 0 aliphatic heterocycles. The van der Waals surface area contributed by atoms with Gasteiger partial charge in [-0.05, 0) is 54.4 Å². The molecule has 2 amide bonds. The maximum absolute atomic E-state index is 13.1. The van der Waals surface area contributed by atoms with Gasteiger partial charge in [-0.3, -0.25) is 9.59 Å². The molecule has 0 bridgehead atoms. The summed E-state index contributed by atoms with van der Waals surface area (Å²) >= 11 is 1.49. The molecule has 0 aliphatic carbocycles. The molecule has 0 heterocycles. The van der Waals surface area contributed by atoms with Crippen LogP contribution >= 0.6 is 11.8 Å². The van der Waals surface area contributed by atoms with Crippen molar-refractivity contribution in [3.63, 3.8) is 0 Å². The van der Waals surface area contributed by atoms with Crippen LogP contribution in [0.4, 0.5) is 11.4 Å². The third-order valence-electron chi connectivity index (χ3n) is 4.33. The van der Waals surface area contributed by atoms with Gasteiger partial charge in [0.25, 0.3) is 0 Å². The third-order valence-corrected chi connectivity index (χ3v) is 5.33. The zero-order valence-electron chi connectivity index (χ0n) is 16.6. The van der Waals surface area contributed by atoms with E-state index in [9.17, 15) is 9.59 Å². The van der Waals surface area contributed by atoms with Crippen LogP contribution < -0.4 is 10.2 Å². The van der Waals surface area contributed by atoms with Crippen molar-refractivity contribution < 1.29 is 9.59 Å². The van der Waals surface area contributed by atoms with Crippen LogP contribution in [0.5, 0.6) is 0 Å². The first-order valence-corrected chi connectivity index (χ1v) is 10.4. The summed E-state index contributed by atoms with van der Waals surface area (Å²) < 4.78 is 0. The van der Waals surface area contributed by atoms with Crippen LogP contribution in [0.1, 0.15) is 18.1 Å². The van der Waals surface area contributed by atoms with Crippen LogP contribution in [0.3, 0.4) is 0 Å². The van der Waals surface area contributed by atoms with E-state index in [-0.39, 0.29) is 11.8 Å². The molecule has 4 nitrogen and oxygen atoms in total. The van der Waals surface area contributed by atoms with E-state index in [0.29, 0.717) is 12.3 Å². The van der Waals surface area contributed by atoms with Crippen LogP contribution in [-0.2, 0) is 16.1 Å². The molecule has 0 radical (unpaired) electrons. The molecule has 0 aliphatic rings. The fourth-order valence-corrected chi connectivity index (χ4v) is 3.72. The number of thioether (sulfide) groups is 1. The first-order valence-electron chi connectivity index (χ1n) is 9.43. The summed E-state index contributed by atoms with van der Waals surface area (Å²) in [4.78, 5) is 27.0. The highest BCUT2D eigenvalue weighted by Crippen LogP contribution is 2.24. The van der Waals surface area contributed by atoms with E-state index >= 15 is 0 Å². The molecule has 0 spiro atoms. The van der Waals surface area contributed by atoms with Crippen LogP contribution in [0.2, 0.25) is 0 Å². The van der Waals surface area contributed by atoms with Gasteiger partial charge in [0.2, 0.25) is 11.8 Å². The molecule has 29 heavy (non-hydrogen) atoms. The first-order chi connectivity index (χ1) is 14.0. The average Bonchev–Trinajstić information content (AvgIpc) is 2.71. The number of hydrogen-bond donors (Lipinski definition) is 1. The number of rotatable bonds is 7. The number of aryl methyl sites for hydroxylation is 1. The average molecular weight is 405 g/mol. The van der Waals surface area contributed by atoms with Crippen molar-refractivity contribution >= 4 is 35.0 Å². The van der Waals surface area contributed by atoms with E-state index < -0.39 is 0 Å². The van der Waals surface area contributed by atoms with E-state index in [0.717, 1.165) is 27.4 Å². The van der Waals surface area contributed by atoms with Gasteiger partial charge >= 0.3 is 0 Å². The van der Waals surface area contributed by atoms with Crippen LogP contribution in [0, 0.1) is 6.92 Å². The third kappa shape index (κ3) is 6.22. The Kier molecular flexibility index (Phi) is 7.09. The molecular weight excluding hydrogens is 380 g/mol. The Bertz CT molecular complexity index is 972. The van der Waals surface area contributed by atoms with Gasteiger partial charge in [0.15, 0.2) is 0 Å². The van der Waals surface area contributed by atoms with E-state index in [1.54, 1.807) is 0 Å². The van der Waals surface area contributed by atoms with Crippen LogP contribution in [0.25, 0.3) is 0 Å². The van der Waals surface area contributed by atoms with Gasteiger partial charge < -0.3 is 10.2 Å². The molecular formula is C24H24N2O2S. The van der Waals surface area contributed by atoms with Gasteiger partial charge in [0, 0.05) is 23.2 Å². The largest absolute Gasteiger partial charge is 0.326 e. The number of nitrogens with one attached hydrogen (secondary N) is 1. The topological polar surface area (TPSA) is 49.4 Å². The molecule has 0 unspecified atom stereocenters. The Hall–Kier alpha value is -3.05. The van der Waals surface area contributed by atoms with Crippen molar-refractivity contribution in [2.24, 2.45) is 0 Å². The first kappa shape index (κ1) is 20.7. The predicted octanol–water partition coefficient (Wildman–Crippen LogP) is 5.28.